The lowest BCUT2D eigenvalue weighted by molar-refractivity contribution is 0.0892. The maximum atomic E-state index is 12.7. The summed E-state index contributed by atoms with van der Waals surface area (Å²) in [5.41, 5.74) is 2.76. The first-order valence-corrected chi connectivity index (χ1v) is 8.32. The lowest BCUT2D eigenvalue weighted by Gasteiger charge is -2.23. The quantitative estimate of drug-likeness (QED) is 0.809. The zero-order valence-electron chi connectivity index (χ0n) is 13.5. The van der Waals surface area contributed by atoms with Gasteiger partial charge < -0.3 is 4.74 Å². The van der Waals surface area contributed by atoms with Gasteiger partial charge in [0.25, 0.3) is 0 Å². The summed E-state index contributed by atoms with van der Waals surface area (Å²) in [6, 6.07) is 5.86. The highest BCUT2D eigenvalue weighted by atomic mass is 16.5. The van der Waals surface area contributed by atoms with E-state index in [0.29, 0.717) is 6.61 Å². The summed E-state index contributed by atoms with van der Waals surface area (Å²) in [4.78, 5) is 20.9. The van der Waals surface area contributed by atoms with E-state index in [0.717, 1.165) is 54.7 Å². The molecule has 0 saturated heterocycles. The summed E-state index contributed by atoms with van der Waals surface area (Å²) in [5, 5.41) is 0. The summed E-state index contributed by atoms with van der Waals surface area (Å²) < 4.78 is 5.77. The first kappa shape index (κ1) is 15.7. The molecule has 0 saturated carbocycles. The van der Waals surface area contributed by atoms with E-state index in [2.05, 4.69) is 16.9 Å². The Morgan fingerprint density at radius 3 is 3.00 bits per heavy atom. The highest BCUT2D eigenvalue weighted by molar-refractivity contribution is 6.00. The molecular weight excluding hydrogens is 288 g/mol. The minimum Gasteiger partial charge on any atom is -0.487 e. The minimum absolute atomic E-state index is 0.178. The van der Waals surface area contributed by atoms with Gasteiger partial charge in [0.05, 0.1) is 11.9 Å². The topological polar surface area (TPSA) is 52.1 Å². The van der Waals surface area contributed by atoms with Crippen molar-refractivity contribution < 1.29 is 9.53 Å². The molecule has 1 unspecified atom stereocenters. The van der Waals surface area contributed by atoms with Gasteiger partial charge in [0.2, 0.25) is 0 Å². The Bertz CT molecular complexity index is 670. The van der Waals surface area contributed by atoms with Crippen LogP contribution in [-0.4, -0.2) is 15.8 Å². The average molecular weight is 310 g/mol. The summed E-state index contributed by atoms with van der Waals surface area (Å²) in [6.45, 7) is 2.53. The van der Waals surface area contributed by atoms with Gasteiger partial charge in [-0.25, -0.2) is 0 Å². The maximum absolute atomic E-state index is 12.7. The second-order valence-electron chi connectivity index (χ2n) is 6.05. The molecule has 1 aromatic heterocycles. The second-order valence-corrected chi connectivity index (χ2v) is 6.05. The number of aromatic nitrogens is 2. The smallest absolute Gasteiger partial charge is 0.166 e. The fraction of sp³-hybridized carbons (Fsp3) is 0.421. The van der Waals surface area contributed by atoms with Crippen LogP contribution in [0.4, 0.5) is 0 Å². The van der Waals surface area contributed by atoms with Crippen molar-refractivity contribution in [3.8, 4) is 5.75 Å². The van der Waals surface area contributed by atoms with Gasteiger partial charge in [0, 0.05) is 23.9 Å². The predicted molar refractivity (Wildman–Crippen MR) is 88.5 cm³/mol. The molecule has 4 heteroatoms. The minimum atomic E-state index is 0.178. The molecule has 1 aromatic carbocycles. The van der Waals surface area contributed by atoms with Crippen LogP contribution in [-0.2, 0) is 13.0 Å². The number of unbranched alkanes of at least 4 members (excludes halogenated alkanes) is 1. The highest BCUT2D eigenvalue weighted by Crippen LogP contribution is 2.31. The number of fused-ring (bicyclic) bond motifs is 1. The molecule has 0 radical (unpaired) electrons. The normalized spacial score (nSPS) is 16.9. The molecule has 1 aliphatic carbocycles. The number of aryl methyl sites for hydroxylation is 1. The number of ether oxygens (including phenoxy) is 1. The fourth-order valence-corrected chi connectivity index (χ4v) is 3.06. The Balaban J connectivity index is 1.71. The summed E-state index contributed by atoms with van der Waals surface area (Å²) in [7, 11) is 0. The molecule has 0 amide bonds. The fourth-order valence-electron chi connectivity index (χ4n) is 3.06. The Kier molecular flexibility index (Phi) is 5.01. The third-order valence-electron chi connectivity index (χ3n) is 4.39. The van der Waals surface area contributed by atoms with Crippen LogP contribution in [0.25, 0.3) is 0 Å². The van der Waals surface area contributed by atoms with Crippen molar-refractivity contribution >= 4 is 5.78 Å². The zero-order chi connectivity index (χ0) is 16.1. The molecule has 0 aliphatic heterocycles. The molecule has 120 valence electrons. The van der Waals surface area contributed by atoms with Crippen molar-refractivity contribution in [3.63, 3.8) is 0 Å². The maximum Gasteiger partial charge on any atom is 0.166 e. The Labute approximate surface area is 136 Å². The molecule has 1 atom stereocenters. The standard InChI is InChI=1S/C19H22N2O2/c1-2-3-4-15-6-5-14-7-8-17(11-18(14)19(15)22)23-13-16-12-20-9-10-21-16/h7-12,15H,2-6,13H2,1H3. The second kappa shape index (κ2) is 7.36. The van der Waals surface area contributed by atoms with Crippen LogP contribution in [0.5, 0.6) is 5.75 Å². The average Bonchev–Trinajstić information content (AvgIpc) is 2.60. The zero-order valence-corrected chi connectivity index (χ0v) is 13.5. The van der Waals surface area contributed by atoms with Crippen LogP contribution in [0.15, 0.2) is 36.8 Å². The van der Waals surface area contributed by atoms with E-state index < -0.39 is 0 Å². The van der Waals surface area contributed by atoms with Gasteiger partial charge in [-0.05, 0) is 37.0 Å². The summed E-state index contributed by atoms with van der Waals surface area (Å²) >= 11 is 0. The largest absolute Gasteiger partial charge is 0.487 e. The van der Waals surface area contributed by atoms with Crippen molar-refractivity contribution in [2.75, 3.05) is 0 Å². The van der Waals surface area contributed by atoms with Crippen LogP contribution >= 0.6 is 0 Å². The molecule has 2 aromatic rings. The van der Waals surface area contributed by atoms with E-state index in [-0.39, 0.29) is 11.7 Å². The summed E-state index contributed by atoms with van der Waals surface area (Å²) in [6.07, 6.45) is 10.2. The van der Waals surface area contributed by atoms with Gasteiger partial charge in [-0.1, -0.05) is 25.8 Å². The number of ketones is 1. The van der Waals surface area contributed by atoms with Crippen LogP contribution in [0.2, 0.25) is 0 Å². The van der Waals surface area contributed by atoms with E-state index in [1.54, 1.807) is 18.6 Å². The van der Waals surface area contributed by atoms with Crippen LogP contribution in [0, 0.1) is 5.92 Å². The van der Waals surface area contributed by atoms with E-state index in [4.69, 9.17) is 4.74 Å². The number of carbonyl (C=O) groups is 1. The van der Waals surface area contributed by atoms with Crippen molar-refractivity contribution in [3.05, 3.63) is 53.6 Å². The number of hydrogen-bond donors (Lipinski definition) is 0. The van der Waals surface area contributed by atoms with Crippen molar-refractivity contribution in [2.24, 2.45) is 5.92 Å². The molecular formula is C19H22N2O2. The Morgan fingerprint density at radius 1 is 1.30 bits per heavy atom. The predicted octanol–water partition coefficient (Wildman–Crippen LogP) is 3.99. The molecule has 1 aliphatic rings. The molecule has 0 fully saturated rings. The Morgan fingerprint density at radius 2 is 2.22 bits per heavy atom. The van der Waals surface area contributed by atoms with E-state index in [9.17, 15) is 4.79 Å². The number of Topliss-reactive ketones (excluding diaryl/α,β-unsaturated/α-hetero) is 1. The molecule has 4 nitrogen and oxygen atoms in total. The molecule has 0 N–H and O–H groups in total. The van der Waals surface area contributed by atoms with Gasteiger partial charge in [-0.15, -0.1) is 0 Å². The summed E-state index contributed by atoms with van der Waals surface area (Å²) in [5.74, 6) is 1.18. The molecule has 0 bridgehead atoms. The van der Waals surface area contributed by atoms with Crippen molar-refractivity contribution in [2.45, 2.75) is 45.6 Å². The SMILES string of the molecule is CCCCC1CCc2ccc(OCc3cnccn3)cc2C1=O. The monoisotopic (exact) mass is 310 g/mol. The van der Waals surface area contributed by atoms with Gasteiger partial charge in [0.1, 0.15) is 12.4 Å². The first-order valence-electron chi connectivity index (χ1n) is 8.32. The number of hydrogen-bond acceptors (Lipinski definition) is 4. The van der Waals surface area contributed by atoms with Gasteiger partial charge in [-0.2, -0.15) is 0 Å². The van der Waals surface area contributed by atoms with Gasteiger partial charge in [0.15, 0.2) is 5.78 Å². The molecule has 1 heterocycles. The van der Waals surface area contributed by atoms with Crippen molar-refractivity contribution in [1.82, 2.24) is 9.97 Å². The van der Waals surface area contributed by atoms with Gasteiger partial charge in [-0.3, -0.25) is 14.8 Å². The van der Waals surface area contributed by atoms with Crippen molar-refractivity contribution in [1.29, 1.82) is 0 Å². The number of benzene rings is 1. The lowest BCUT2D eigenvalue weighted by Crippen LogP contribution is -2.22. The van der Waals surface area contributed by atoms with Crippen LogP contribution < -0.4 is 4.74 Å². The van der Waals surface area contributed by atoms with E-state index in [1.165, 1.54) is 0 Å². The number of nitrogens with zero attached hydrogens (tertiary/aromatic N) is 2. The van der Waals surface area contributed by atoms with E-state index >= 15 is 0 Å². The lowest BCUT2D eigenvalue weighted by atomic mass is 9.80. The third kappa shape index (κ3) is 3.76. The first-order chi connectivity index (χ1) is 11.3. The number of carbonyl (C=O) groups excluding carboxylic acids is 1. The third-order valence-corrected chi connectivity index (χ3v) is 4.39. The highest BCUT2D eigenvalue weighted by Gasteiger charge is 2.27. The van der Waals surface area contributed by atoms with Gasteiger partial charge >= 0.3 is 0 Å². The molecule has 23 heavy (non-hydrogen) atoms. The van der Waals surface area contributed by atoms with E-state index in [1.807, 2.05) is 18.2 Å². The Hall–Kier alpha value is -2.23. The van der Waals surface area contributed by atoms with Crippen LogP contribution in [0.3, 0.4) is 0 Å². The van der Waals surface area contributed by atoms with Crippen LogP contribution in [0.1, 0.15) is 54.2 Å². The molecule has 0 spiro atoms. The molecule has 3 rings (SSSR count). The number of rotatable bonds is 6.